The van der Waals surface area contributed by atoms with E-state index >= 15 is 0 Å². The van der Waals surface area contributed by atoms with Crippen molar-refractivity contribution in [2.24, 2.45) is 64.1 Å². The molecule has 0 saturated heterocycles. The van der Waals surface area contributed by atoms with Crippen LogP contribution >= 0.6 is 0 Å². The minimum atomic E-state index is -4.66. The lowest BCUT2D eigenvalue weighted by Crippen LogP contribution is -2.61. The Morgan fingerprint density at radius 1 is 0.838 bits per heavy atom. The van der Waals surface area contributed by atoms with Gasteiger partial charge in [-0.1, -0.05) is 60.6 Å². The monoisotopic (exact) mass is 540 g/mol. The van der Waals surface area contributed by atoms with Crippen LogP contribution in [-0.2, 0) is 14.6 Å². The number of fused-ring (bicyclic) bond motifs is 5. The summed E-state index contributed by atoms with van der Waals surface area (Å²) in [6, 6.07) is 0. The lowest BCUT2D eigenvalue weighted by atomic mass is 9.43. The van der Waals surface area contributed by atoms with Crippen LogP contribution in [0.15, 0.2) is 12.2 Å². The van der Waals surface area contributed by atoms with Gasteiger partial charge in [-0.3, -0.25) is 4.55 Å². The topological polar surface area (TPSA) is 104 Å². The molecule has 37 heavy (non-hydrogen) atoms. The van der Waals surface area contributed by atoms with Gasteiger partial charge in [0.15, 0.2) is 0 Å². The van der Waals surface area contributed by atoms with E-state index in [4.69, 9.17) is 4.18 Å². The first-order valence-corrected chi connectivity index (χ1v) is 16.1. The second kappa shape index (κ2) is 10.5. The van der Waals surface area contributed by atoms with E-state index in [1.54, 1.807) is 0 Å². The highest BCUT2D eigenvalue weighted by atomic mass is 32.3. The van der Waals surface area contributed by atoms with Crippen LogP contribution in [-0.4, -0.2) is 41.5 Å². The quantitative estimate of drug-likeness (QED) is 0.275. The van der Waals surface area contributed by atoms with Crippen molar-refractivity contribution in [2.45, 2.75) is 112 Å². The highest BCUT2D eigenvalue weighted by Gasteiger charge is 2.63. The molecular weight excluding hydrogens is 488 g/mol. The predicted octanol–water partition coefficient (Wildman–Crippen LogP) is 5.90. The Bertz CT molecular complexity index is 938. The number of aliphatic hydroxyl groups is 2. The molecule has 6 nitrogen and oxygen atoms in total. The van der Waals surface area contributed by atoms with Crippen LogP contribution in [0.25, 0.3) is 0 Å². The van der Waals surface area contributed by atoms with Crippen LogP contribution in [0.4, 0.5) is 0 Å². The summed E-state index contributed by atoms with van der Waals surface area (Å²) in [6.07, 6.45) is 8.48. The molecule has 0 aromatic rings. The fourth-order valence-electron chi connectivity index (χ4n) is 10.1. The molecule has 214 valence electrons. The first kappa shape index (κ1) is 29.5. The number of rotatable bonds is 7. The van der Waals surface area contributed by atoms with Gasteiger partial charge in [-0.15, -0.1) is 0 Å². The lowest BCUT2D eigenvalue weighted by Gasteiger charge is -2.63. The maximum absolute atomic E-state index is 11.5. The van der Waals surface area contributed by atoms with E-state index in [-0.39, 0.29) is 16.7 Å². The van der Waals surface area contributed by atoms with Gasteiger partial charge < -0.3 is 10.2 Å². The Morgan fingerprint density at radius 3 is 2.05 bits per heavy atom. The molecule has 0 radical (unpaired) electrons. The summed E-state index contributed by atoms with van der Waals surface area (Å²) >= 11 is 0. The average molecular weight is 541 g/mol. The van der Waals surface area contributed by atoms with E-state index in [2.05, 4.69) is 60.6 Å². The molecule has 0 aliphatic heterocycles. The second-order valence-electron chi connectivity index (χ2n) is 14.4. The van der Waals surface area contributed by atoms with Gasteiger partial charge in [0.25, 0.3) is 0 Å². The van der Waals surface area contributed by atoms with Gasteiger partial charge in [0.1, 0.15) is 6.10 Å². The molecule has 7 heteroatoms. The van der Waals surface area contributed by atoms with Crippen LogP contribution in [0, 0.1) is 64.1 Å². The maximum atomic E-state index is 11.5. The fraction of sp³-hybridized carbons (Fsp3) is 0.933. The summed E-state index contributed by atoms with van der Waals surface area (Å²) in [5, 5.41) is 22.0. The van der Waals surface area contributed by atoms with Crippen molar-refractivity contribution < 1.29 is 27.4 Å². The van der Waals surface area contributed by atoms with Crippen LogP contribution < -0.4 is 0 Å². The number of aliphatic hydroxyl groups excluding tert-OH is 2. The van der Waals surface area contributed by atoms with Crippen molar-refractivity contribution in [3.8, 4) is 0 Å². The molecule has 0 amide bonds. The number of allylic oxidation sites excluding steroid dienone is 2. The molecule has 0 aromatic carbocycles. The number of hydrogen-bond acceptors (Lipinski definition) is 5. The van der Waals surface area contributed by atoms with Crippen molar-refractivity contribution >= 4 is 10.4 Å². The Labute approximate surface area is 225 Å². The van der Waals surface area contributed by atoms with Gasteiger partial charge in [-0.25, -0.2) is 4.18 Å². The van der Waals surface area contributed by atoms with Gasteiger partial charge in [-0.05, 0) is 109 Å². The predicted molar refractivity (Wildman–Crippen MR) is 146 cm³/mol. The Morgan fingerprint density at radius 2 is 1.46 bits per heavy atom. The van der Waals surface area contributed by atoms with Crippen molar-refractivity contribution in [1.29, 1.82) is 0 Å². The molecule has 4 fully saturated rings. The molecule has 3 N–H and O–H groups in total. The molecule has 0 bridgehead atoms. The fourth-order valence-corrected chi connectivity index (χ4v) is 10.6. The zero-order valence-corrected chi connectivity index (χ0v) is 24.8. The van der Waals surface area contributed by atoms with E-state index in [9.17, 15) is 23.2 Å². The standard InChI is InChI=1S/C30H52O6S/c1-17(2)20(18(3)4)9-8-19(5)22-10-11-23-21-14-26(31)25-15-27(32)28(36-37(33,34)35)16-30(25,7)24(21)12-13-29(22,23)6/h8-9,17-28,31-32H,10-16H2,1-7H3,(H,33,34,35)/b9-8-/t19-,21+,22-,23+,24+,25-,26+,27+,28+,29-,30-/m1/s1. The largest absolute Gasteiger partial charge is 0.397 e. The summed E-state index contributed by atoms with van der Waals surface area (Å²) in [6.45, 7) is 16.3. The normalized spacial score (nSPS) is 45.3. The van der Waals surface area contributed by atoms with E-state index in [0.29, 0.717) is 60.2 Å². The highest BCUT2D eigenvalue weighted by molar-refractivity contribution is 7.80. The van der Waals surface area contributed by atoms with E-state index in [1.165, 1.54) is 12.8 Å². The summed E-state index contributed by atoms with van der Waals surface area (Å²) in [5.41, 5.74) is -0.0961. The van der Waals surface area contributed by atoms with E-state index in [1.807, 2.05) is 0 Å². The second-order valence-corrected chi connectivity index (χ2v) is 15.4. The van der Waals surface area contributed by atoms with E-state index in [0.717, 1.165) is 19.3 Å². The van der Waals surface area contributed by atoms with Crippen LogP contribution in [0.5, 0.6) is 0 Å². The third-order valence-electron chi connectivity index (χ3n) is 11.8. The molecule has 0 aromatic heterocycles. The molecule has 4 saturated carbocycles. The molecule has 0 heterocycles. The molecule has 4 rings (SSSR count). The molecule has 4 aliphatic rings. The van der Waals surface area contributed by atoms with Crippen molar-refractivity contribution in [3.63, 3.8) is 0 Å². The van der Waals surface area contributed by atoms with E-state index < -0.39 is 28.7 Å². The van der Waals surface area contributed by atoms with Crippen LogP contribution in [0.3, 0.4) is 0 Å². The van der Waals surface area contributed by atoms with Gasteiger partial charge in [0, 0.05) is 0 Å². The maximum Gasteiger partial charge on any atom is 0.397 e. The summed E-state index contributed by atoms with van der Waals surface area (Å²) < 4.78 is 37.2. The Balaban J connectivity index is 1.55. The molecule has 11 atom stereocenters. The molecule has 0 unspecified atom stereocenters. The number of hydrogen-bond donors (Lipinski definition) is 3. The van der Waals surface area contributed by atoms with Crippen molar-refractivity contribution in [2.75, 3.05) is 0 Å². The minimum Gasteiger partial charge on any atom is -0.393 e. The van der Waals surface area contributed by atoms with Crippen molar-refractivity contribution in [3.05, 3.63) is 12.2 Å². The Hall–Kier alpha value is -0.470. The Kier molecular flexibility index (Phi) is 8.37. The van der Waals surface area contributed by atoms with Gasteiger partial charge >= 0.3 is 10.4 Å². The molecular formula is C30H52O6S. The molecule has 4 aliphatic carbocycles. The van der Waals surface area contributed by atoms with Gasteiger partial charge in [-0.2, -0.15) is 8.42 Å². The smallest absolute Gasteiger partial charge is 0.393 e. The summed E-state index contributed by atoms with van der Waals surface area (Å²) in [7, 11) is -4.66. The summed E-state index contributed by atoms with van der Waals surface area (Å²) in [4.78, 5) is 0. The van der Waals surface area contributed by atoms with Crippen molar-refractivity contribution in [1.82, 2.24) is 0 Å². The zero-order chi connectivity index (χ0) is 27.5. The first-order valence-electron chi connectivity index (χ1n) is 14.8. The van der Waals surface area contributed by atoms with Gasteiger partial charge in [0.05, 0.1) is 12.2 Å². The molecule has 0 spiro atoms. The van der Waals surface area contributed by atoms with Gasteiger partial charge in [0.2, 0.25) is 0 Å². The first-order chi connectivity index (χ1) is 17.1. The van der Waals surface area contributed by atoms with Crippen LogP contribution in [0.1, 0.15) is 93.4 Å². The lowest BCUT2D eigenvalue weighted by molar-refractivity contribution is -0.191. The van der Waals surface area contributed by atoms with Crippen LogP contribution in [0.2, 0.25) is 0 Å². The third kappa shape index (κ3) is 5.46. The highest BCUT2D eigenvalue weighted by Crippen LogP contribution is 2.68. The average Bonchev–Trinajstić information content (AvgIpc) is 3.11. The minimum absolute atomic E-state index is 0.0857. The SMILES string of the molecule is CC(C)C(/C=C\[C@@H](C)[C@H]1CC[C@H]2[C@@H]3C[C@H](O)[C@H]4C[C@H](O)[C@@H](OS(=O)(=O)O)C[C@]4(C)[C@H]3CC[C@]12C)C(C)C. The third-order valence-corrected chi connectivity index (χ3v) is 12.3. The zero-order valence-electron chi connectivity index (χ0n) is 24.0. The summed E-state index contributed by atoms with van der Waals surface area (Å²) in [5.74, 6) is 4.19.